The Hall–Kier alpha value is -7.44. The molecule has 0 fully saturated rings. The number of para-hydroxylation sites is 3. The second-order valence-electron chi connectivity index (χ2n) is 14.0. The highest BCUT2D eigenvalue weighted by molar-refractivity contribution is 6.37. The molecule has 6 nitrogen and oxygen atoms in total. The SMILES string of the molecule is c1ccc2c(c1)ccc1c2c2c3ccccc3c3c4ccccc4oc3c2n1-c1nc(-c2ccc3c(c2)oc2ccccc23)c2oc3ccccc3c2n1. The molecule has 6 heteroatoms. The topological polar surface area (TPSA) is 70.1 Å². The molecule has 5 aromatic heterocycles. The van der Waals surface area contributed by atoms with Crippen LogP contribution in [-0.2, 0) is 0 Å². The number of rotatable bonds is 2. The molecule has 0 aliphatic carbocycles. The molecule has 0 amide bonds. The fraction of sp³-hybridized carbons (Fsp3) is 0. The standard InChI is InChI=1S/C48H25N3O3/c1-2-12-28-26(11-1)22-24-35-41(28)42-32-15-4-3-14-31(32)40-33-16-6-9-19-37(33)53-46(40)45(42)51(35)48-49-43(47-44(50-48)34-17-7-10-20-38(34)54-47)27-21-23-30-29-13-5-8-18-36(29)52-39(30)25-27/h1-25H. The average Bonchev–Trinajstić information content (AvgIpc) is 3.99. The Balaban J connectivity index is 1.24. The Labute approximate surface area is 305 Å². The molecule has 0 unspecified atom stereocenters. The van der Waals surface area contributed by atoms with Crippen molar-refractivity contribution in [1.82, 2.24) is 14.5 Å². The minimum absolute atomic E-state index is 0.529. The first-order valence-electron chi connectivity index (χ1n) is 18.1. The Morgan fingerprint density at radius 2 is 1.02 bits per heavy atom. The third kappa shape index (κ3) is 3.59. The third-order valence-electron chi connectivity index (χ3n) is 11.2. The zero-order chi connectivity index (χ0) is 35.1. The molecular formula is C48H25N3O3. The van der Waals surface area contributed by atoms with Crippen LogP contribution in [0.1, 0.15) is 0 Å². The van der Waals surface area contributed by atoms with Crippen molar-refractivity contribution < 1.29 is 13.3 Å². The van der Waals surface area contributed by atoms with Crippen LogP contribution < -0.4 is 0 Å². The van der Waals surface area contributed by atoms with Gasteiger partial charge in [0.2, 0.25) is 5.95 Å². The first kappa shape index (κ1) is 28.2. The van der Waals surface area contributed by atoms with Gasteiger partial charge in [-0.1, -0.05) is 109 Å². The van der Waals surface area contributed by atoms with Crippen LogP contribution in [0, 0.1) is 0 Å². The Kier molecular flexibility index (Phi) is 5.28. The van der Waals surface area contributed by atoms with Gasteiger partial charge in [0.1, 0.15) is 39.1 Å². The van der Waals surface area contributed by atoms with Crippen molar-refractivity contribution in [3.05, 3.63) is 152 Å². The predicted octanol–water partition coefficient (Wildman–Crippen LogP) is 13.2. The van der Waals surface area contributed by atoms with Crippen LogP contribution in [0.2, 0.25) is 0 Å². The van der Waals surface area contributed by atoms with E-state index < -0.39 is 0 Å². The van der Waals surface area contributed by atoms with Gasteiger partial charge in [-0.3, -0.25) is 4.57 Å². The molecular weight excluding hydrogens is 667 g/mol. The summed E-state index contributed by atoms with van der Waals surface area (Å²) in [6.07, 6.45) is 0. The number of hydrogen-bond acceptors (Lipinski definition) is 5. The molecule has 54 heavy (non-hydrogen) atoms. The van der Waals surface area contributed by atoms with Crippen molar-refractivity contribution in [2.24, 2.45) is 0 Å². The average molecular weight is 692 g/mol. The molecule has 8 aromatic carbocycles. The Bertz CT molecular complexity index is 3750. The molecule has 5 heterocycles. The number of benzene rings is 8. The molecule has 0 atom stereocenters. The van der Waals surface area contributed by atoms with Crippen molar-refractivity contribution in [2.75, 3.05) is 0 Å². The number of furan rings is 3. The summed E-state index contributed by atoms with van der Waals surface area (Å²) in [5, 5.41) is 12.1. The number of nitrogens with zero attached hydrogens (tertiary/aromatic N) is 3. The van der Waals surface area contributed by atoms with Crippen LogP contribution >= 0.6 is 0 Å². The van der Waals surface area contributed by atoms with Crippen molar-refractivity contribution in [3.63, 3.8) is 0 Å². The van der Waals surface area contributed by atoms with Gasteiger partial charge in [-0.15, -0.1) is 0 Å². The maximum atomic E-state index is 6.90. The lowest BCUT2D eigenvalue weighted by molar-refractivity contribution is 0.665. The molecule has 13 aromatic rings. The minimum Gasteiger partial charge on any atom is -0.456 e. The fourth-order valence-corrected chi connectivity index (χ4v) is 8.89. The van der Waals surface area contributed by atoms with Gasteiger partial charge in [0.25, 0.3) is 0 Å². The van der Waals surface area contributed by atoms with Gasteiger partial charge in [0, 0.05) is 43.3 Å². The molecule has 0 N–H and O–H groups in total. The van der Waals surface area contributed by atoms with Gasteiger partial charge < -0.3 is 13.3 Å². The van der Waals surface area contributed by atoms with Gasteiger partial charge in [-0.25, -0.2) is 9.97 Å². The summed E-state index contributed by atoms with van der Waals surface area (Å²) in [5.74, 6) is 0.529. The van der Waals surface area contributed by atoms with Crippen LogP contribution in [0.15, 0.2) is 165 Å². The molecule has 0 aliphatic rings. The highest BCUT2D eigenvalue weighted by atomic mass is 16.3. The number of hydrogen-bond donors (Lipinski definition) is 0. The molecule has 0 saturated heterocycles. The van der Waals surface area contributed by atoms with Gasteiger partial charge in [0.05, 0.1) is 5.52 Å². The van der Waals surface area contributed by atoms with E-state index in [1.54, 1.807) is 0 Å². The van der Waals surface area contributed by atoms with Crippen LogP contribution in [0.5, 0.6) is 0 Å². The number of fused-ring (bicyclic) bond motifs is 18. The first-order valence-corrected chi connectivity index (χ1v) is 18.1. The number of aromatic nitrogens is 3. The van der Waals surface area contributed by atoms with E-state index in [-0.39, 0.29) is 0 Å². The summed E-state index contributed by atoms with van der Waals surface area (Å²) in [6.45, 7) is 0. The van der Waals surface area contributed by atoms with E-state index in [9.17, 15) is 0 Å². The van der Waals surface area contributed by atoms with E-state index in [0.29, 0.717) is 17.2 Å². The van der Waals surface area contributed by atoms with Crippen LogP contribution in [0.3, 0.4) is 0 Å². The summed E-state index contributed by atoms with van der Waals surface area (Å²) in [5.41, 5.74) is 8.88. The highest BCUT2D eigenvalue weighted by Crippen LogP contribution is 2.47. The largest absolute Gasteiger partial charge is 0.456 e. The smallest absolute Gasteiger partial charge is 0.236 e. The highest BCUT2D eigenvalue weighted by Gasteiger charge is 2.27. The molecule has 250 valence electrons. The molecule has 0 spiro atoms. The van der Waals surface area contributed by atoms with E-state index in [4.69, 9.17) is 23.2 Å². The molecule has 0 radical (unpaired) electrons. The molecule has 0 saturated carbocycles. The summed E-state index contributed by atoms with van der Waals surface area (Å²) in [6, 6.07) is 52.4. The van der Waals surface area contributed by atoms with E-state index in [0.717, 1.165) is 109 Å². The lowest BCUT2D eigenvalue weighted by atomic mass is 9.97. The van der Waals surface area contributed by atoms with Crippen molar-refractivity contribution in [2.45, 2.75) is 0 Å². The quantitative estimate of drug-likeness (QED) is 0.180. The van der Waals surface area contributed by atoms with Crippen LogP contribution in [0.25, 0.3) is 127 Å². The normalized spacial score (nSPS) is 12.4. The monoisotopic (exact) mass is 691 g/mol. The van der Waals surface area contributed by atoms with Crippen molar-refractivity contribution in [1.29, 1.82) is 0 Å². The van der Waals surface area contributed by atoms with E-state index in [1.807, 2.05) is 48.5 Å². The van der Waals surface area contributed by atoms with Gasteiger partial charge >= 0.3 is 0 Å². The lowest BCUT2D eigenvalue weighted by Crippen LogP contribution is -2.03. The Morgan fingerprint density at radius 3 is 1.83 bits per heavy atom. The van der Waals surface area contributed by atoms with Crippen molar-refractivity contribution >= 4 is 109 Å². The van der Waals surface area contributed by atoms with E-state index >= 15 is 0 Å². The second kappa shape index (κ2) is 10.1. The molecule has 0 bridgehead atoms. The minimum atomic E-state index is 0.529. The molecule has 13 rings (SSSR count). The third-order valence-corrected chi connectivity index (χ3v) is 11.2. The van der Waals surface area contributed by atoms with Crippen LogP contribution in [0.4, 0.5) is 0 Å². The first-order chi connectivity index (χ1) is 26.8. The van der Waals surface area contributed by atoms with E-state index in [1.165, 1.54) is 0 Å². The van der Waals surface area contributed by atoms with Crippen LogP contribution in [-0.4, -0.2) is 14.5 Å². The zero-order valence-electron chi connectivity index (χ0n) is 28.5. The Morgan fingerprint density at radius 1 is 0.407 bits per heavy atom. The van der Waals surface area contributed by atoms with Crippen molar-refractivity contribution in [3.8, 4) is 17.2 Å². The van der Waals surface area contributed by atoms with Gasteiger partial charge in [0.15, 0.2) is 11.2 Å². The predicted molar refractivity (Wildman–Crippen MR) is 219 cm³/mol. The summed E-state index contributed by atoms with van der Waals surface area (Å²) in [7, 11) is 0. The second-order valence-corrected chi connectivity index (χ2v) is 14.0. The van der Waals surface area contributed by atoms with E-state index in [2.05, 4.69) is 108 Å². The zero-order valence-corrected chi connectivity index (χ0v) is 28.5. The summed E-state index contributed by atoms with van der Waals surface area (Å²) >= 11 is 0. The lowest BCUT2D eigenvalue weighted by Gasteiger charge is -2.10. The van der Waals surface area contributed by atoms with Gasteiger partial charge in [-0.05, 0) is 64.0 Å². The summed E-state index contributed by atoms with van der Waals surface area (Å²) < 4.78 is 22.1. The van der Waals surface area contributed by atoms with Gasteiger partial charge in [-0.2, -0.15) is 0 Å². The fourth-order valence-electron chi connectivity index (χ4n) is 8.89. The maximum Gasteiger partial charge on any atom is 0.236 e. The molecule has 0 aliphatic heterocycles. The summed E-state index contributed by atoms with van der Waals surface area (Å²) in [4.78, 5) is 10.9. The maximum absolute atomic E-state index is 6.90.